The van der Waals surface area contributed by atoms with Gasteiger partial charge in [-0.05, 0) is 50.3 Å². The Morgan fingerprint density at radius 3 is 2.00 bits per heavy atom. The predicted molar refractivity (Wildman–Crippen MR) is 75.2 cm³/mol. The molecule has 0 aliphatic rings. The zero-order valence-corrected chi connectivity index (χ0v) is 11.0. The predicted octanol–water partition coefficient (Wildman–Crippen LogP) is 2.34. The summed E-state index contributed by atoms with van der Waals surface area (Å²) in [5, 5.41) is 9.44. The summed E-state index contributed by atoms with van der Waals surface area (Å²) in [6.45, 7) is 5.52. The number of amides is 1. The van der Waals surface area contributed by atoms with E-state index in [1.165, 1.54) is 6.92 Å². The van der Waals surface area contributed by atoms with Crippen molar-refractivity contribution in [2.75, 3.05) is 10.6 Å². The fourth-order valence-corrected chi connectivity index (χ4v) is 1.62. The largest absolute Gasteiger partial charge is 0.360 e. The van der Waals surface area contributed by atoms with Crippen molar-refractivity contribution in [3.05, 3.63) is 24.3 Å². The zero-order chi connectivity index (χ0) is 12.8. The number of carbonyl (C=O) groups is 1. The van der Waals surface area contributed by atoms with Crippen molar-refractivity contribution >= 4 is 34.6 Å². The smallest absolute Gasteiger partial charge is 0.221 e. The highest BCUT2D eigenvalue weighted by molar-refractivity contribution is 7.80. The van der Waals surface area contributed by atoms with Crippen molar-refractivity contribution in [1.82, 2.24) is 5.32 Å². The monoisotopic (exact) mass is 251 g/mol. The highest BCUT2D eigenvalue weighted by Gasteiger charge is 2.00. The summed E-state index contributed by atoms with van der Waals surface area (Å²) in [6, 6.07) is 7.66. The molecule has 1 aromatic rings. The molecule has 17 heavy (non-hydrogen) atoms. The quantitative estimate of drug-likeness (QED) is 0.722. The Morgan fingerprint density at radius 2 is 1.59 bits per heavy atom. The summed E-state index contributed by atoms with van der Waals surface area (Å²) in [4.78, 5) is 10.8. The molecule has 5 heteroatoms. The summed E-state index contributed by atoms with van der Waals surface area (Å²) >= 11 is 5.12. The molecule has 0 unspecified atom stereocenters. The molecule has 3 N–H and O–H groups in total. The molecular formula is C12H17N3OS. The number of rotatable bonds is 3. The fraction of sp³-hybridized carbons (Fsp3) is 0.333. The minimum absolute atomic E-state index is 0.0808. The normalized spacial score (nSPS) is 9.88. The molecule has 0 atom stereocenters. The highest BCUT2D eigenvalue weighted by Crippen LogP contribution is 2.13. The molecule has 4 nitrogen and oxygen atoms in total. The van der Waals surface area contributed by atoms with Crippen LogP contribution in [0.2, 0.25) is 0 Å². The summed E-state index contributed by atoms with van der Waals surface area (Å²) in [6.07, 6.45) is 0. The molecule has 0 saturated heterocycles. The lowest BCUT2D eigenvalue weighted by molar-refractivity contribution is -0.114. The van der Waals surface area contributed by atoms with E-state index in [0.717, 1.165) is 11.4 Å². The minimum Gasteiger partial charge on any atom is -0.360 e. The van der Waals surface area contributed by atoms with E-state index in [4.69, 9.17) is 12.2 Å². The Labute approximate surface area is 107 Å². The van der Waals surface area contributed by atoms with Gasteiger partial charge in [-0.25, -0.2) is 0 Å². The lowest BCUT2D eigenvalue weighted by Gasteiger charge is -2.13. The number of hydrogen-bond donors (Lipinski definition) is 3. The van der Waals surface area contributed by atoms with E-state index in [2.05, 4.69) is 16.0 Å². The molecule has 0 spiro atoms. The lowest BCUT2D eigenvalue weighted by Crippen LogP contribution is -2.33. The summed E-state index contributed by atoms with van der Waals surface area (Å²) in [7, 11) is 0. The van der Waals surface area contributed by atoms with Gasteiger partial charge in [-0.2, -0.15) is 0 Å². The molecule has 0 radical (unpaired) electrons. The van der Waals surface area contributed by atoms with Crippen molar-refractivity contribution in [1.29, 1.82) is 0 Å². The van der Waals surface area contributed by atoms with Gasteiger partial charge >= 0.3 is 0 Å². The number of thiocarbonyl (C=S) groups is 1. The van der Waals surface area contributed by atoms with Crippen molar-refractivity contribution in [2.24, 2.45) is 0 Å². The topological polar surface area (TPSA) is 53.2 Å². The Bertz CT molecular complexity index is 401. The zero-order valence-electron chi connectivity index (χ0n) is 10.2. The molecule has 0 fully saturated rings. The van der Waals surface area contributed by atoms with Crippen molar-refractivity contribution in [3.8, 4) is 0 Å². The molecule has 0 saturated carbocycles. The number of hydrogen-bond acceptors (Lipinski definition) is 2. The van der Waals surface area contributed by atoms with Gasteiger partial charge in [0.1, 0.15) is 0 Å². The minimum atomic E-state index is -0.0808. The van der Waals surface area contributed by atoms with Gasteiger partial charge in [0.05, 0.1) is 0 Å². The third-order valence-corrected chi connectivity index (χ3v) is 2.10. The van der Waals surface area contributed by atoms with E-state index in [0.29, 0.717) is 11.2 Å². The molecule has 0 aliphatic carbocycles. The maximum Gasteiger partial charge on any atom is 0.221 e. The maximum atomic E-state index is 10.8. The molecule has 0 aromatic heterocycles. The summed E-state index contributed by atoms with van der Waals surface area (Å²) in [5.41, 5.74) is 1.66. The molecule has 0 bridgehead atoms. The van der Waals surface area contributed by atoms with Crippen LogP contribution in [0.1, 0.15) is 20.8 Å². The average Bonchev–Trinajstić information content (AvgIpc) is 2.18. The van der Waals surface area contributed by atoms with Crippen molar-refractivity contribution in [2.45, 2.75) is 26.8 Å². The highest BCUT2D eigenvalue weighted by atomic mass is 32.1. The van der Waals surface area contributed by atoms with E-state index >= 15 is 0 Å². The van der Waals surface area contributed by atoms with Crippen LogP contribution in [0.15, 0.2) is 24.3 Å². The molecule has 1 amide bonds. The number of anilines is 2. The number of carbonyl (C=O) groups excluding carboxylic acids is 1. The van der Waals surface area contributed by atoms with Gasteiger partial charge in [0, 0.05) is 24.3 Å². The second-order valence-electron chi connectivity index (χ2n) is 4.01. The van der Waals surface area contributed by atoms with E-state index in [1.54, 1.807) is 0 Å². The van der Waals surface area contributed by atoms with Crippen LogP contribution in [0, 0.1) is 0 Å². The third-order valence-electron chi connectivity index (χ3n) is 1.88. The van der Waals surface area contributed by atoms with Gasteiger partial charge in [-0.3, -0.25) is 4.79 Å². The molecule has 0 heterocycles. The van der Waals surface area contributed by atoms with Gasteiger partial charge in [-0.1, -0.05) is 0 Å². The van der Waals surface area contributed by atoms with Crippen LogP contribution in [0.25, 0.3) is 0 Å². The molecule has 1 rings (SSSR count). The summed E-state index contributed by atoms with van der Waals surface area (Å²) < 4.78 is 0. The first kappa shape index (κ1) is 13.4. The summed E-state index contributed by atoms with van der Waals surface area (Å²) in [5.74, 6) is -0.0808. The lowest BCUT2D eigenvalue weighted by atomic mass is 10.3. The molecule has 1 aromatic carbocycles. The Kier molecular flexibility index (Phi) is 4.90. The van der Waals surface area contributed by atoms with Crippen LogP contribution < -0.4 is 16.0 Å². The third kappa shape index (κ3) is 5.31. The second-order valence-corrected chi connectivity index (χ2v) is 4.42. The van der Waals surface area contributed by atoms with E-state index in [9.17, 15) is 4.79 Å². The Balaban J connectivity index is 2.56. The van der Waals surface area contributed by atoms with Crippen LogP contribution in [0.3, 0.4) is 0 Å². The molecule has 0 aliphatic heterocycles. The average molecular weight is 251 g/mol. The van der Waals surface area contributed by atoms with Gasteiger partial charge in [-0.15, -0.1) is 0 Å². The van der Waals surface area contributed by atoms with Crippen LogP contribution in [-0.4, -0.2) is 17.1 Å². The first-order valence-corrected chi connectivity index (χ1v) is 5.83. The van der Waals surface area contributed by atoms with E-state index < -0.39 is 0 Å². The first-order chi connectivity index (χ1) is 7.97. The van der Waals surface area contributed by atoms with Crippen LogP contribution >= 0.6 is 12.2 Å². The number of benzene rings is 1. The Morgan fingerprint density at radius 1 is 1.12 bits per heavy atom. The van der Waals surface area contributed by atoms with Gasteiger partial charge in [0.25, 0.3) is 0 Å². The number of nitrogens with one attached hydrogen (secondary N) is 3. The second kappa shape index (κ2) is 6.20. The van der Waals surface area contributed by atoms with E-state index in [-0.39, 0.29) is 5.91 Å². The fourth-order valence-electron chi connectivity index (χ4n) is 1.27. The standard InChI is InChI=1S/C12H17N3OS/c1-8(2)13-12(17)15-11-6-4-10(5-7-11)14-9(3)16/h4-8H,1-3H3,(H,14,16)(H2,13,15,17). The van der Waals surface area contributed by atoms with Crippen molar-refractivity contribution < 1.29 is 4.79 Å². The van der Waals surface area contributed by atoms with Crippen LogP contribution in [0.4, 0.5) is 11.4 Å². The Hall–Kier alpha value is -1.62. The van der Waals surface area contributed by atoms with Gasteiger partial charge < -0.3 is 16.0 Å². The SMILES string of the molecule is CC(=O)Nc1ccc(NC(=S)NC(C)C)cc1. The van der Waals surface area contributed by atoms with Gasteiger partial charge in [0.2, 0.25) is 5.91 Å². The van der Waals surface area contributed by atoms with Gasteiger partial charge in [0.15, 0.2) is 5.11 Å². The van der Waals surface area contributed by atoms with E-state index in [1.807, 2.05) is 38.1 Å². The molecule has 92 valence electrons. The van der Waals surface area contributed by atoms with Crippen molar-refractivity contribution in [3.63, 3.8) is 0 Å². The van der Waals surface area contributed by atoms with Crippen LogP contribution in [-0.2, 0) is 4.79 Å². The van der Waals surface area contributed by atoms with Crippen LogP contribution in [0.5, 0.6) is 0 Å². The maximum absolute atomic E-state index is 10.8. The molecular weight excluding hydrogens is 234 g/mol. The first-order valence-electron chi connectivity index (χ1n) is 5.42.